The van der Waals surface area contributed by atoms with E-state index in [2.05, 4.69) is 9.97 Å². The summed E-state index contributed by atoms with van der Waals surface area (Å²) in [5.74, 6) is -0.898. The van der Waals surface area contributed by atoms with Crippen LogP contribution in [0.4, 0.5) is 0 Å². The van der Waals surface area contributed by atoms with E-state index in [-0.39, 0.29) is 23.4 Å². The van der Waals surface area contributed by atoms with E-state index in [9.17, 15) is 9.59 Å². The van der Waals surface area contributed by atoms with Crippen LogP contribution in [-0.4, -0.2) is 51.0 Å². The average Bonchev–Trinajstić information content (AvgIpc) is 3.05. The number of carboxylic acids is 1. The van der Waals surface area contributed by atoms with Crippen LogP contribution in [0, 0.1) is 0 Å². The van der Waals surface area contributed by atoms with Gasteiger partial charge in [0, 0.05) is 13.0 Å². The molecule has 24 heavy (non-hydrogen) atoms. The molecule has 124 valence electrons. The molecule has 0 bridgehead atoms. The predicted molar refractivity (Wildman–Crippen MR) is 85.4 cm³/mol. The van der Waals surface area contributed by atoms with Crippen molar-refractivity contribution in [2.24, 2.45) is 0 Å². The topological polar surface area (TPSA) is 92.6 Å². The minimum Gasteiger partial charge on any atom is -0.487 e. The van der Waals surface area contributed by atoms with Crippen LogP contribution in [0.2, 0.25) is 5.02 Å². The maximum atomic E-state index is 12.4. The fourth-order valence-electron chi connectivity index (χ4n) is 2.44. The molecule has 1 amide bonds. The van der Waals surface area contributed by atoms with Gasteiger partial charge in [0.2, 0.25) is 0 Å². The van der Waals surface area contributed by atoms with Gasteiger partial charge < -0.3 is 14.7 Å². The lowest BCUT2D eigenvalue weighted by molar-refractivity contribution is 0.0686. The number of para-hydroxylation sites is 1. The molecule has 3 rings (SSSR count). The van der Waals surface area contributed by atoms with Crippen molar-refractivity contribution in [3.63, 3.8) is 0 Å². The highest BCUT2D eigenvalue weighted by atomic mass is 35.5. The van der Waals surface area contributed by atoms with Gasteiger partial charge in [-0.3, -0.25) is 4.79 Å². The SMILES string of the molecule is O=C(O)c1cnc(C(=O)N2CCC(Oc3ccccc3Cl)C2)cn1. The standard InChI is InChI=1S/C16H14ClN3O4/c17-11-3-1-2-4-14(11)24-10-5-6-20(9-10)15(21)12-7-19-13(8-18-12)16(22)23/h1-4,7-8,10H,5-6,9H2,(H,22,23). The molecule has 0 aliphatic carbocycles. The number of carbonyl (C=O) groups excluding carboxylic acids is 1. The number of rotatable bonds is 4. The Morgan fingerprint density at radius 1 is 1.21 bits per heavy atom. The largest absolute Gasteiger partial charge is 0.487 e. The molecule has 8 heteroatoms. The minimum atomic E-state index is -1.18. The van der Waals surface area contributed by atoms with Crippen LogP contribution in [-0.2, 0) is 0 Å². The second-order valence-electron chi connectivity index (χ2n) is 5.30. The molecule has 1 aliphatic heterocycles. The lowest BCUT2D eigenvalue weighted by atomic mass is 10.3. The quantitative estimate of drug-likeness (QED) is 0.910. The number of benzene rings is 1. The van der Waals surface area contributed by atoms with Gasteiger partial charge in [0.25, 0.3) is 5.91 Å². The van der Waals surface area contributed by atoms with Crippen molar-refractivity contribution in [1.82, 2.24) is 14.9 Å². The van der Waals surface area contributed by atoms with E-state index >= 15 is 0 Å². The van der Waals surface area contributed by atoms with Gasteiger partial charge in [-0.15, -0.1) is 0 Å². The summed E-state index contributed by atoms with van der Waals surface area (Å²) in [5.41, 5.74) is -0.0914. The summed E-state index contributed by atoms with van der Waals surface area (Å²) in [5, 5.41) is 9.32. The number of hydrogen-bond donors (Lipinski definition) is 1. The van der Waals surface area contributed by atoms with Gasteiger partial charge in [0.1, 0.15) is 17.5 Å². The fraction of sp³-hybridized carbons (Fsp3) is 0.250. The van der Waals surface area contributed by atoms with E-state index < -0.39 is 5.97 Å². The number of likely N-dealkylation sites (tertiary alicyclic amines) is 1. The highest BCUT2D eigenvalue weighted by Crippen LogP contribution is 2.26. The minimum absolute atomic E-state index is 0.110. The highest BCUT2D eigenvalue weighted by molar-refractivity contribution is 6.32. The summed E-state index contributed by atoms with van der Waals surface area (Å²) in [6.45, 7) is 0.933. The molecule has 1 aromatic heterocycles. The first kappa shape index (κ1) is 16.2. The molecule has 7 nitrogen and oxygen atoms in total. The second kappa shape index (κ2) is 6.84. The number of aromatic carboxylic acids is 1. The van der Waals surface area contributed by atoms with E-state index in [1.807, 2.05) is 12.1 Å². The molecule has 1 atom stereocenters. The van der Waals surface area contributed by atoms with Gasteiger partial charge >= 0.3 is 5.97 Å². The number of aromatic nitrogens is 2. The molecule has 1 fully saturated rings. The summed E-state index contributed by atoms with van der Waals surface area (Å²) < 4.78 is 5.83. The smallest absolute Gasteiger partial charge is 0.356 e. The first-order valence-corrected chi connectivity index (χ1v) is 7.68. The van der Waals surface area contributed by atoms with Crippen LogP contribution >= 0.6 is 11.6 Å². The van der Waals surface area contributed by atoms with Gasteiger partial charge in [-0.05, 0) is 12.1 Å². The maximum Gasteiger partial charge on any atom is 0.356 e. The highest BCUT2D eigenvalue weighted by Gasteiger charge is 2.29. The maximum absolute atomic E-state index is 12.4. The monoisotopic (exact) mass is 347 g/mol. The molecule has 2 heterocycles. The van der Waals surface area contributed by atoms with Crippen LogP contribution in [0.3, 0.4) is 0 Å². The zero-order valence-electron chi connectivity index (χ0n) is 12.6. The number of halogens is 1. The van der Waals surface area contributed by atoms with Crippen LogP contribution in [0.25, 0.3) is 0 Å². The second-order valence-corrected chi connectivity index (χ2v) is 5.71. The normalized spacial score (nSPS) is 16.9. The van der Waals surface area contributed by atoms with E-state index in [1.54, 1.807) is 17.0 Å². The first-order valence-electron chi connectivity index (χ1n) is 7.30. The molecular weight excluding hydrogens is 334 g/mol. The Kier molecular flexibility index (Phi) is 4.61. The van der Waals surface area contributed by atoms with E-state index in [4.69, 9.17) is 21.4 Å². The molecule has 0 saturated carbocycles. The lowest BCUT2D eigenvalue weighted by Gasteiger charge is -2.17. The Labute approximate surface area is 142 Å². The number of nitrogens with zero attached hydrogens (tertiary/aromatic N) is 3. The zero-order chi connectivity index (χ0) is 17.1. The van der Waals surface area contributed by atoms with Crippen molar-refractivity contribution < 1.29 is 19.4 Å². The van der Waals surface area contributed by atoms with Gasteiger partial charge in [-0.2, -0.15) is 0 Å². The Morgan fingerprint density at radius 3 is 2.58 bits per heavy atom. The molecule has 2 aromatic rings. The summed E-state index contributed by atoms with van der Waals surface area (Å²) in [4.78, 5) is 32.3. The van der Waals surface area contributed by atoms with E-state index in [1.165, 1.54) is 6.20 Å². The predicted octanol–water partition coefficient (Wildman–Crippen LogP) is 2.12. The van der Waals surface area contributed by atoms with Gasteiger partial charge in [-0.1, -0.05) is 23.7 Å². The molecule has 0 spiro atoms. The summed E-state index contributed by atoms with van der Waals surface area (Å²) in [7, 11) is 0. The Bertz CT molecular complexity index is 766. The van der Waals surface area contributed by atoms with Gasteiger partial charge in [-0.25, -0.2) is 14.8 Å². The fourth-order valence-corrected chi connectivity index (χ4v) is 2.62. The summed E-state index contributed by atoms with van der Waals surface area (Å²) in [6.07, 6.45) is 2.77. The molecule has 1 N–H and O–H groups in total. The third-order valence-corrected chi connectivity index (χ3v) is 3.96. The van der Waals surface area contributed by atoms with Crippen molar-refractivity contribution in [1.29, 1.82) is 0 Å². The number of carbonyl (C=O) groups is 2. The Morgan fingerprint density at radius 2 is 1.92 bits per heavy atom. The zero-order valence-corrected chi connectivity index (χ0v) is 13.3. The molecule has 0 radical (unpaired) electrons. The molecule has 1 unspecified atom stereocenters. The van der Waals surface area contributed by atoms with Crippen molar-refractivity contribution in [3.8, 4) is 5.75 Å². The summed E-state index contributed by atoms with van der Waals surface area (Å²) in [6, 6.07) is 7.18. The number of carboxylic acid groups (broad SMARTS) is 1. The van der Waals surface area contributed by atoms with Crippen molar-refractivity contribution >= 4 is 23.5 Å². The van der Waals surface area contributed by atoms with Crippen molar-refractivity contribution in [2.45, 2.75) is 12.5 Å². The van der Waals surface area contributed by atoms with Crippen molar-refractivity contribution in [3.05, 3.63) is 53.1 Å². The third-order valence-electron chi connectivity index (χ3n) is 3.65. The average molecular weight is 348 g/mol. The van der Waals surface area contributed by atoms with Gasteiger partial charge in [0.05, 0.1) is 24.0 Å². The van der Waals surface area contributed by atoms with Crippen LogP contribution in [0.5, 0.6) is 5.75 Å². The third kappa shape index (κ3) is 3.46. The van der Waals surface area contributed by atoms with E-state index in [0.29, 0.717) is 30.3 Å². The Balaban J connectivity index is 1.63. The molecular formula is C16H14ClN3O4. The molecule has 1 aliphatic rings. The lowest BCUT2D eigenvalue weighted by Crippen LogP contribution is -2.31. The van der Waals surface area contributed by atoms with Gasteiger partial charge in [0.15, 0.2) is 5.69 Å². The van der Waals surface area contributed by atoms with Crippen LogP contribution < -0.4 is 4.74 Å². The first-order chi connectivity index (χ1) is 11.5. The van der Waals surface area contributed by atoms with Crippen LogP contribution in [0.15, 0.2) is 36.7 Å². The molecule has 1 saturated heterocycles. The van der Waals surface area contributed by atoms with Crippen molar-refractivity contribution in [2.75, 3.05) is 13.1 Å². The Hall–Kier alpha value is -2.67. The number of ether oxygens (including phenoxy) is 1. The van der Waals surface area contributed by atoms with Crippen LogP contribution in [0.1, 0.15) is 27.4 Å². The number of amides is 1. The summed E-state index contributed by atoms with van der Waals surface area (Å²) >= 11 is 6.07. The van der Waals surface area contributed by atoms with E-state index in [0.717, 1.165) is 6.20 Å². The molecule has 1 aromatic carbocycles. The number of hydrogen-bond acceptors (Lipinski definition) is 5.